The van der Waals surface area contributed by atoms with Gasteiger partial charge in [0.05, 0.1) is 0 Å². The topological polar surface area (TPSA) is 15.3 Å². The van der Waals surface area contributed by atoms with E-state index in [1.165, 1.54) is 98.7 Å². The summed E-state index contributed by atoms with van der Waals surface area (Å²) in [5.41, 5.74) is 8.11. The molecule has 1 unspecified atom stereocenters. The molecule has 1 fully saturated rings. The molecule has 2 nitrogen and oxygen atoms in total. The second-order valence-corrected chi connectivity index (χ2v) is 11.7. The van der Waals surface area contributed by atoms with Gasteiger partial charge in [-0.2, -0.15) is 0 Å². The molecule has 0 bridgehead atoms. The van der Waals surface area contributed by atoms with Crippen LogP contribution in [0.4, 0.5) is 0 Å². The third-order valence-electron chi connectivity index (χ3n) is 8.27. The van der Waals surface area contributed by atoms with Gasteiger partial charge >= 0.3 is 0 Å². The molecule has 1 atom stereocenters. The first-order chi connectivity index (χ1) is 18.5. The quantitative estimate of drug-likeness (QED) is 0.225. The highest BCUT2D eigenvalue weighted by atomic mass is 15.1. The third kappa shape index (κ3) is 10.1. The van der Waals surface area contributed by atoms with Crippen LogP contribution < -0.4 is 5.32 Å². The summed E-state index contributed by atoms with van der Waals surface area (Å²) < 4.78 is 0. The van der Waals surface area contributed by atoms with E-state index < -0.39 is 0 Å². The van der Waals surface area contributed by atoms with Gasteiger partial charge in [0, 0.05) is 18.8 Å². The smallest absolute Gasteiger partial charge is 0.0340 e. The van der Waals surface area contributed by atoms with Gasteiger partial charge in [-0.1, -0.05) is 108 Å². The molecule has 0 aromatic heterocycles. The SMILES string of the molecule is C=C(NCCC(C)CCCCC)c1cccc(CC2CCN(Cc3ccc(CCC)c(/C=C\C)c3)CC2)c1. The van der Waals surface area contributed by atoms with Gasteiger partial charge in [-0.15, -0.1) is 0 Å². The van der Waals surface area contributed by atoms with E-state index in [4.69, 9.17) is 0 Å². The molecular formula is C36H54N2. The maximum absolute atomic E-state index is 4.35. The maximum atomic E-state index is 4.35. The molecule has 0 radical (unpaired) electrons. The van der Waals surface area contributed by atoms with Crippen LogP contribution in [0.1, 0.15) is 107 Å². The molecule has 0 aliphatic carbocycles. The fourth-order valence-corrected chi connectivity index (χ4v) is 5.86. The standard InChI is InChI=1S/C36H54N2/c1-6-9-10-14-29(4)19-22-37-30(5)35-16-11-15-32(26-35)25-31-20-23-38(24-21-31)28-33-17-18-34(12-7-2)36(27-33)13-8-3/h8,11,13,15-18,26-27,29,31,37H,5-7,9-10,12,14,19-25,28H2,1-4H3/b13-8-. The van der Waals surface area contributed by atoms with Crippen molar-refractivity contribution in [3.63, 3.8) is 0 Å². The minimum Gasteiger partial charge on any atom is -0.385 e. The first kappa shape index (κ1) is 30.2. The molecule has 1 N–H and O–H groups in total. The number of nitrogens with zero attached hydrogens (tertiary/aromatic N) is 1. The number of unbranched alkanes of at least 4 members (excludes halogenated alkanes) is 2. The van der Waals surface area contributed by atoms with Gasteiger partial charge in [0.1, 0.15) is 0 Å². The molecule has 2 heteroatoms. The third-order valence-corrected chi connectivity index (χ3v) is 8.27. The van der Waals surface area contributed by atoms with Crippen molar-refractivity contribution < 1.29 is 0 Å². The van der Waals surface area contributed by atoms with Gasteiger partial charge in [0.2, 0.25) is 0 Å². The molecule has 0 spiro atoms. The Kier molecular flexibility index (Phi) is 13.2. The molecule has 2 aromatic carbocycles. The minimum atomic E-state index is 0.775. The van der Waals surface area contributed by atoms with Crippen LogP contribution in [0.5, 0.6) is 0 Å². The monoisotopic (exact) mass is 514 g/mol. The van der Waals surface area contributed by atoms with Crippen molar-refractivity contribution in [3.8, 4) is 0 Å². The number of likely N-dealkylation sites (tertiary alicyclic amines) is 1. The minimum absolute atomic E-state index is 0.775. The fraction of sp³-hybridized carbons (Fsp3) is 0.556. The Hall–Kier alpha value is -2.32. The first-order valence-corrected chi connectivity index (χ1v) is 15.5. The summed E-state index contributed by atoms with van der Waals surface area (Å²) in [6.45, 7) is 17.9. The molecule has 1 heterocycles. The summed E-state index contributed by atoms with van der Waals surface area (Å²) in [4.78, 5) is 2.65. The molecular weight excluding hydrogens is 460 g/mol. The summed E-state index contributed by atoms with van der Waals surface area (Å²) in [6, 6.07) is 16.2. The average molecular weight is 515 g/mol. The molecule has 3 rings (SSSR count). The lowest BCUT2D eigenvalue weighted by molar-refractivity contribution is 0.177. The van der Waals surface area contributed by atoms with Crippen LogP contribution >= 0.6 is 0 Å². The summed E-state index contributed by atoms with van der Waals surface area (Å²) in [7, 11) is 0. The van der Waals surface area contributed by atoms with Crippen LogP contribution in [0.3, 0.4) is 0 Å². The number of benzene rings is 2. The number of nitrogens with one attached hydrogen (secondary N) is 1. The van der Waals surface area contributed by atoms with Gasteiger partial charge in [-0.05, 0) is 97.8 Å². The van der Waals surface area contributed by atoms with E-state index >= 15 is 0 Å². The van der Waals surface area contributed by atoms with Crippen molar-refractivity contribution in [1.82, 2.24) is 10.2 Å². The second-order valence-electron chi connectivity index (χ2n) is 11.7. The highest BCUT2D eigenvalue weighted by molar-refractivity contribution is 5.62. The van der Waals surface area contributed by atoms with Crippen LogP contribution in [0.2, 0.25) is 0 Å². The van der Waals surface area contributed by atoms with Crippen molar-refractivity contribution in [2.24, 2.45) is 11.8 Å². The number of hydrogen-bond donors (Lipinski definition) is 1. The zero-order chi connectivity index (χ0) is 27.2. The lowest BCUT2D eigenvalue weighted by atomic mass is 9.89. The second kappa shape index (κ2) is 16.6. The molecule has 1 aliphatic heterocycles. The molecule has 1 aliphatic rings. The van der Waals surface area contributed by atoms with E-state index in [0.717, 1.165) is 37.0 Å². The zero-order valence-corrected chi connectivity index (χ0v) is 24.9. The molecule has 0 saturated carbocycles. The Morgan fingerprint density at radius 1 is 1.03 bits per heavy atom. The molecule has 208 valence electrons. The van der Waals surface area contributed by atoms with Crippen molar-refractivity contribution in [3.05, 3.63) is 82.9 Å². The van der Waals surface area contributed by atoms with Crippen LogP contribution in [-0.4, -0.2) is 24.5 Å². The summed E-state index contributed by atoms with van der Waals surface area (Å²) in [5.74, 6) is 1.56. The van der Waals surface area contributed by atoms with Gasteiger partial charge in [0.15, 0.2) is 0 Å². The van der Waals surface area contributed by atoms with E-state index in [0.29, 0.717) is 0 Å². The lowest BCUT2D eigenvalue weighted by Crippen LogP contribution is -2.33. The Labute approximate surface area is 234 Å². The predicted molar refractivity (Wildman–Crippen MR) is 168 cm³/mol. The molecule has 0 amide bonds. The van der Waals surface area contributed by atoms with Gasteiger partial charge in [-0.25, -0.2) is 0 Å². The fourth-order valence-electron chi connectivity index (χ4n) is 5.86. The maximum Gasteiger partial charge on any atom is 0.0340 e. The number of hydrogen-bond acceptors (Lipinski definition) is 2. The van der Waals surface area contributed by atoms with Gasteiger partial charge in [-0.3, -0.25) is 4.90 Å². The van der Waals surface area contributed by atoms with E-state index in [1.54, 1.807) is 0 Å². The molecule has 2 aromatic rings. The van der Waals surface area contributed by atoms with Crippen LogP contribution in [0.15, 0.2) is 55.1 Å². The van der Waals surface area contributed by atoms with E-state index in [1.807, 2.05) is 0 Å². The van der Waals surface area contributed by atoms with E-state index in [-0.39, 0.29) is 0 Å². The predicted octanol–water partition coefficient (Wildman–Crippen LogP) is 9.29. The number of piperidine rings is 1. The first-order valence-electron chi connectivity index (χ1n) is 15.5. The largest absolute Gasteiger partial charge is 0.385 e. The Morgan fingerprint density at radius 3 is 2.58 bits per heavy atom. The van der Waals surface area contributed by atoms with Crippen molar-refractivity contribution in [2.45, 2.75) is 98.4 Å². The highest BCUT2D eigenvalue weighted by Gasteiger charge is 2.20. The lowest BCUT2D eigenvalue weighted by Gasteiger charge is -2.32. The number of allylic oxidation sites excluding steroid dienone is 1. The molecule has 1 saturated heterocycles. The number of aryl methyl sites for hydroxylation is 1. The normalized spacial score (nSPS) is 15.7. The van der Waals surface area contributed by atoms with Crippen molar-refractivity contribution in [1.29, 1.82) is 0 Å². The highest BCUT2D eigenvalue weighted by Crippen LogP contribution is 2.25. The zero-order valence-electron chi connectivity index (χ0n) is 24.9. The van der Waals surface area contributed by atoms with Crippen LogP contribution in [0, 0.1) is 11.8 Å². The van der Waals surface area contributed by atoms with Crippen LogP contribution in [-0.2, 0) is 19.4 Å². The summed E-state index contributed by atoms with van der Waals surface area (Å²) >= 11 is 0. The van der Waals surface area contributed by atoms with Crippen LogP contribution in [0.25, 0.3) is 11.8 Å². The molecule has 38 heavy (non-hydrogen) atoms. The average Bonchev–Trinajstić information content (AvgIpc) is 2.92. The van der Waals surface area contributed by atoms with Gasteiger partial charge in [0.25, 0.3) is 0 Å². The van der Waals surface area contributed by atoms with Gasteiger partial charge < -0.3 is 5.32 Å². The van der Waals surface area contributed by atoms with Crippen molar-refractivity contribution in [2.75, 3.05) is 19.6 Å². The summed E-state index contributed by atoms with van der Waals surface area (Å²) in [6.07, 6.45) is 17.2. The Morgan fingerprint density at radius 2 is 1.84 bits per heavy atom. The van der Waals surface area contributed by atoms with E-state index in [9.17, 15) is 0 Å². The summed E-state index contributed by atoms with van der Waals surface area (Å²) in [5, 5.41) is 3.60. The Bertz CT molecular complexity index is 996. The van der Waals surface area contributed by atoms with E-state index in [2.05, 4.69) is 99.1 Å². The number of rotatable bonds is 16. The Balaban J connectivity index is 1.44. The van der Waals surface area contributed by atoms with Crippen molar-refractivity contribution >= 4 is 11.8 Å².